The van der Waals surface area contributed by atoms with Gasteiger partial charge in [0.25, 0.3) is 0 Å². The van der Waals surface area contributed by atoms with Crippen LogP contribution in [0.1, 0.15) is 29.3 Å². The third kappa shape index (κ3) is 3.65. The van der Waals surface area contributed by atoms with Gasteiger partial charge in [0.15, 0.2) is 11.5 Å². The predicted octanol–water partition coefficient (Wildman–Crippen LogP) is 4.83. The minimum atomic E-state index is -0.0236. The lowest BCUT2D eigenvalue weighted by Crippen LogP contribution is -2.18. The first-order chi connectivity index (χ1) is 14.1. The van der Waals surface area contributed by atoms with Crippen molar-refractivity contribution >= 4 is 22.2 Å². The summed E-state index contributed by atoms with van der Waals surface area (Å²) < 4.78 is 16.6. The van der Waals surface area contributed by atoms with Gasteiger partial charge in [0, 0.05) is 11.8 Å². The number of aromatic nitrogens is 1. The van der Waals surface area contributed by atoms with E-state index in [-0.39, 0.29) is 6.04 Å². The Kier molecular flexibility index (Phi) is 5.40. The van der Waals surface area contributed by atoms with Crippen LogP contribution in [0.25, 0.3) is 0 Å². The summed E-state index contributed by atoms with van der Waals surface area (Å²) in [7, 11) is 4.87. The minimum absolute atomic E-state index is 0.0236. The quantitative estimate of drug-likeness (QED) is 0.583. The van der Waals surface area contributed by atoms with Gasteiger partial charge in [0.2, 0.25) is 10.9 Å². The maximum absolute atomic E-state index is 5.56. The van der Waals surface area contributed by atoms with E-state index in [0.717, 1.165) is 34.1 Å². The zero-order valence-electron chi connectivity index (χ0n) is 16.9. The van der Waals surface area contributed by atoms with E-state index in [1.807, 2.05) is 47.6 Å². The molecule has 4 rings (SSSR count). The van der Waals surface area contributed by atoms with Gasteiger partial charge in [-0.15, -0.1) is 11.3 Å². The molecule has 150 valence electrons. The van der Waals surface area contributed by atoms with Gasteiger partial charge in [0.1, 0.15) is 0 Å². The lowest BCUT2D eigenvalue weighted by atomic mass is 9.98. The first kappa shape index (κ1) is 19.3. The average Bonchev–Trinajstić information content (AvgIpc) is 3.39. The average molecular weight is 410 g/mol. The lowest BCUT2D eigenvalue weighted by molar-refractivity contribution is 0.323. The summed E-state index contributed by atoms with van der Waals surface area (Å²) in [6.07, 6.45) is 0.751. The summed E-state index contributed by atoms with van der Waals surface area (Å²) in [6, 6.07) is 14.2. The van der Waals surface area contributed by atoms with Gasteiger partial charge in [-0.05, 0) is 30.2 Å². The smallest absolute Gasteiger partial charge is 0.206 e. The van der Waals surface area contributed by atoms with Crippen LogP contribution in [0.15, 0.2) is 52.9 Å². The van der Waals surface area contributed by atoms with Crippen LogP contribution in [0.5, 0.6) is 17.2 Å². The molecule has 0 saturated carbocycles. The topological polar surface area (TPSA) is 56.2 Å². The molecule has 3 aromatic rings. The van der Waals surface area contributed by atoms with Crippen molar-refractivity contribution in [1.29, 1.82) is 0 Å². The van der Waals surface area contributed by atoms with E-state index in [4.69, 9.17) is 19.3 Å². The highest BCUT2D eigenvalue weighted by Crippen LogP contribution is 2.44. The van der Waals surface area contributed by atoms with Crippen molar-refractivity contribution in [3.63, 3.8) is 0 Å². The van der Waals surface area contributed by atoms with Crippen LogP contribution in [0.3, 0.4) is 0 Å². The zero-order chi connectivity index (χ0) is 20.4. The van der Waals surface area contributed by atoms with Crippen molar-refractivity contribution in [3.05, 3.63) is 64.7 Å². The largest absolute Gasteiger partial charge is 0.493 e. The molecular weight excluding hydrogens is 386 g/mol. The number of methoxy groups -OCH3 is 3. The number of rotatable bonds is 6. The van der Waals surface area contributed by atoms with Crippen LogP contribution >= 0.6 is 11.3 Å². The number of nitrogens with zero attached hydrogens (tertiary/aromatic N) is 3. The van der Waals surface area contributed by atoms with Gasteiger partial charge in [0.05, 0.1) is 38.8 Å². The fraction of sp³-hybridized carbons (Fsp3) is 0.273. The molecule has 1 atom stereocenters. The summed E-state index contributed by atoms with van der Waals surface area (Å²) in [5, 5.41) is 9.85. The van der Waals surface area contributed by atoms with E-state index in [1.165, 1.54) is 0 Å². The fourth-order valence-electron chi connectivity index (χ4n) is 3.49. The molecule has 0 amide bonds. The van der Waals surface area contributed by atoms with Crippen molar-refractivity contribution in [1.82, 2.24) is 4.98 Å². The van der Waals surface area contributed by atoms with E-state index in [0.29, 0.717) is 17.2 Å². The monoisotopic (exact) mass is 409 g/mol. The van der Waals surface area contributed by atoms with E-state index >= 15 is 0 Å². The molecule has 29 heavy (non-hydrogen) atoms. The molecule has 0 aliphatic carbocycles. The molecule has 7 heteroatoms. The Morgan fingerprint density at radius 2 is 1.69 bits per heavy atom. The van der Waals surface area contributed by atoms with Gasteiger partial charge in [-0.1, -0.05) is 30.3 Å². The van der Waals surface area contributed by atoms with Crippen LogP contribution in [0, 0.1) is 6.92 Å². The highest BCUT2D eigenvalue weighted by atomic mass is 32.1. The molecule has 0 saturated heterocycles. The Balaban J connectivity index is 1.79. The number of ether oxygens (including phenoxy) is 3. The Bertz CT molecular complexity index is 1010. The second-order valence-corrected chi connectivity index (χ2v) is 7.54. The Morgan fingerprint density at radius 1 is 1.00 bits per heavy atom. The van der Waals surface area contributed by atoms with E-state index in [2.05, 4.69) is 17.1 Å². The normalized spacial score (nSPS) is 15.9. The maximum Gasteiger partial charge on any atom is 0.206 e. The second kappa shape index (κ2) is 8.13. The molecule has 1 aromatic heterocycles. The highest BCUT2D eigenvalue weighted by Gasteiger charge is 2.33. The van der Waals surface area contributed by atoms with Crippen LogP contribution in [0.2, 0.25) is 0 Å². The summed E-state index contributed by atoms with van der Waals surface area (Å²) in [5.41, 5.74) is 4.15. The van der Waals surface area contributed by atoms with Crippen LogP contribution < -0.4 is 19.2 Å². The summed E-state index contributed by atoms with van der Waals surface area (Å²) >= 11 is 1.59. The SMILES string of the molecule is COc1cc(C2CC(c3ccccc3)=NN2c2nc(C)cs2)cc(OC)c1OC. The molecule has 0 spiro atoms. The van der Waals surface area contributed by atoms with Gasteiger partial charge in [-0.3, -0.25) is 0 Å². The Morgan fingerprint density at radius 3 is 2.24 bits per heavy atom. The summed E-state index contributed by atoms with van der Waals surface area (Å²) in [5.74, 6) is 1.84. The molecule has 1 aliphatic rings. The predicted molar refractivity (Wildman–Crippen MR) is 116 cm³/mol. The van der Waals surface area contributed by atoms with Crippen molar-refractivity contribution in [2.24, 2.45) is 5.10 Å². The molecule has 6 nitrogen and oxygen atoms in total. The van der Waals surface area contributed by atoms with Gasteiger partial charge in [-0.25, -0.2) is 9.99 Å². The second-order valence-electron chi connectivity index (χ2n) is 6.71. The minimum Gasteiger partial charge on any atom is -0.493 e. The molecule has 2 heterocycles. The van der Waals surface area contributed by atoms with Gasteiger partial charge >= 0.3 is 0 Å². The number of hydrogen-bond acceptors (Lipinski definition) is 7. The maximum atomic E-state index is 5.56. The van der Waals surface area contributed by atoms with Crippen molar-refractivity contribution in [3.8, 4) is 17.2 Å². The number of thiazole rings is 1. The summed E-state index contributed by atoms with van der Waals surface area (Å²) in [4.78, 5) is 4.67. The third-order valence-corrected chi connectivity index (χ3v) is 5.84. The van der Waals surface area contributed by atoms with Crippen LogP contribution in [0.4, 0.5) is 5.13 Å². The molecule has 1 aliphatic heterocycles. The molecular formula is C22H23N3O3S. The zero-order valence-corrected chi connectivity index (χ0v) is 17.7. The van der Waals surface area contributed by atoms with E-state index < -0.39 is 0 Å². The fourth-order valence-corrected chi connectivity index (χ4v) is 4.29. The standard InChI is InChI=1S/C22H23N3O3S/c1-14-13-29-22(23-14)25-18(12-17(24-25)15-8-6-5-7-9-15)16-10-19(26-2)21(28-4)20(11-16)27-3/h5-11,13,18H,12H2,1-4H3. The Hall–Kier alpha value is -3.06. The third-order valence-electron chi connectivity index (χ3n) is 4.89. The van der Waals surface area contributed by atoms with Crippen molar-refractivity contribution in [2.75, 3.05) is 26.3 Å². The molecule has 1 unspecified atom stereocenters. The number of hydrazone groups is 1. The molecule has 0 fully saturated rings. The van der Waals surface area contributed by atoms with Crippen molar-refractivity contribution in [2.45, 2.75) is 19.4 Å². The van der Waals surface area contributed by atoms with Crippen LogP contribution in [-0.2, 0) is 0 Å². The Labute approximate surface area is 174 Å². The number of benzene rings is 2. The van der Waals surface area contributed by atoms with Gasteiger partial charge in [-0.2, -0.15) is 5.10 Å². The number of aryl methyl sites for hydroxylation is 1. The number of anilines is 1. The van der Waals surface area contributed by atoms with E-state index in [1.54, 1.807) is 32.7 Å². The first-order valence-corrected chi connectivity index (χ1v) is 10.2. The highest BCUT2D eigenvalue weighted by molar-refractivity contribution is 7.13. The molecule has 0 bridgehead atoms. The molecule has 2 aromatic carbocycles. The van der Waals surface area contributed by atoms with E-state index in [9.17, 15) is 0 Å². The molecule has 0 radical (unpaired) electrons. The van der Waals surface area contributed by atoms with Crippen molar-refractivity contribution < 1.29 is 14.2 Å². The van der Waals surface area contributed by atoms with Crippen LogP contribution in [-0.4, -0.2) is 32.0 Å². The van der Waals surface area contributed by atoms with Gasteiger partial charge < -0.3 is 14.2 Å². The first-order valence-electron chi connectivity index (χ1n) is 9.28. The molecule has 0 N–H and O–H groups in total. The lowest BCUT2D eigenvalue weighted by Gasteiger charge is -2.23. The summed E-state index contributed by atoms with van der Waals surface area (Å²) in [6.45, 7) is 1.99. The number of hydrogen-bond donors (Lipinski definition) is 0.